The maximum Gasteiger partial charge on any atom is 0.134 e. The van der Waals surface area contributed by atoms with E-state index in [1.165, 1.54) is 0 Å². The SMILES string of the molecule is CNC1(C(C)C(C)=O)CC1. The first-order valence-electron chi connectivity index (χ1n) is 3.82. The fourth-order valence-electron chi connectivity index (χ4n) is 1.42. The van der Waals surface area contributed by atoms with Gasteiger partial charge in [0.05, 0.1) is 0 Å². The molecule has 0 aromatic carbocycles. The molecule has 0 saturated heterocycles. The molecule has 2 heteroatoms. The molecule has 0 radical (unpaired) electrons. The van der Waals surface area contributed by atoms with Crippen LogP contribution in [0.15, 0.2) is 0 Å². The van der Waals surface area contributed by atoms with Gasteiger partial charge in [-0.2, -0.15) is 0 Å². The smallest absolute Gasteiger partial charge is 0.134 e. The molecule has 0 aromatic rings. The zero-order valence-corrected chi connectivity index (χ0v) is 6.90. The minimum Gasteiger partial charge on any atom is -0.314 e. The minimum atomic E-state index is 0.172. The molecular formula is C8H15NO. The van der Waals surface area contributed by atoms with Crippen LogP contribution in [0.3, 0.4) is 0 Å². The molecule has 1 aliphatic carbocycles. The van der Waals surface area contributed by atoms with Crippen molar-refractivity contribution in [2.24, 2.45) is 5.92 Å². The van der Waals surface area contributed by atoms with Crippen LogP contribution in [0.5, 0.6) is 0 Å². The Morgan fingerprint density at radius 1 is 1.60 bits per heavy atom. The quantitative estimate of drug-likeness (QED) is 0.634. The van der Waals surface area contributed by atoms with Crippen LogP contribution < -0.4 is 5.32 Å². The van der Waals surface area contributed by atoms with Gasteiger partial charge in [0.15, 0.2) is 0 Å². The Labute approximate surface area is 62.0 Å². The van der Waals surface area contributed by atoms with Crippen molar-refractivity contribution in [1.82, 2.24) is 5.32 Å². The summed E-state index contributed by atoms with van der Waals surface area (Å²) in [5.41, 5.74) is 0.172. The van der Waals surface area contributed by atoms with E-state index in [4.69, 9.17) is 0 Å². The maximum absolute atomic E-state index is 10.9. The fraction of sp³-hybridized carbons (Fsp3) is 0.875. The number of rotatable bonds is 3. The van der Waals surface area contributed by atoms with Gasteiger partial charge in [0.25, 0.3) is 0 Å². The summed E-state index contributed by atoms with van der Waals surface area (Å²) in [5, 5.41) is 3.21. The first-order valence-corrected chi connectivity index (χ1v) is 3.82. The lowest BCUT2D eigenvalue weighted by atomic mass is 9.96. The molecule has 0 aliphatic heterocycles. The Bertz CT molecular complexity index is 149. The average molecular weight is 141 g/mol. The fourth-order valence-corrected chi connectivity index (χ4v) is 1.42. The average Bonchev–Trinajstić information content (AvgIpc) is 2.66. The highest BCUT2D eigenvalue weighted by molar-refractivity contribution is 5.80. The summed E-state index contributed by atoms with van der Waals surface area (Å²) in [6.07, 6.45) is 2.31. The van der Waals surface area contributed by atoms with Crippen molar-refractivity contribution < 1.29 is 4.79 Å². The molecule has 0 heterocycles. The lowest BCUT2D eigenvalue weighted by Crippen LogP contribution is -2.37. The molecule has 0 aromatic heterocycles. The molecule has 10 heavy (non-hydrogen) atoms. The third-order valence-corrected chi connectivity index (χ3v) is 2.73. The van der Waals surface area contributed by atoms with Crippen LogP contribution >= 0.6 is 0 Å². The first-order chi connectivity index (χ1) is 4.62. The maximum atomic E-state index is 10.9. The van der Waals surface area contributed by atoms with Crippen LogP contribution in [0.25, 0.3) is 0 Å². The van der Waals surface area contributed by atoms with Gasteiger partial charge in [-0.15, -0.1) is 0 Å². The molecule has 58 valence electrons. The van der Waals surface area contributed by atoms with Gasteiger partial charge in [0, 0.05) is 11.5 Å². The Kier molecular flexibility index (Phi) is 1.82. The third kappa shape index (κ3) is 1.08. The van der Waals surface area contributed by atoms with E-state index in [-0.39, 0.29) is 11.5 Å². The van der Waals surface area contributed by atoms with Gasteiger partial charge in [-0.05, 0) is 26.8 Å². The summed E-state index contributed by atoms with van der Waals surface area (Å²) in [6, 6.07) is 0. The van der Waals surface area contributed by atoms with Crippen molar-refractivity contribution in [3.05, 3.63) is 0 Å². The van der Waals surface area contributed by atoms with Crippen LogP contribution in [0, 0.1) is 5.92 Å². The van der Waals surface area contributed by atoms with Crippen molar-refractivity contribution in [2.75, 3.05) is 7.05 Å². The molecule has 2 nitrogen and oxygen atoms in total. The van der Waals surface area contributed by atoms with Crippen molar-refractivity contribution in [1.29, 1.82) is 0 Å². The van der Waals surface area contributed by atoms with Crippen LogP contribution in [0.2, 0.25) is 0 Å². The highest BCUT2D eigenvalue weighted by atomic mass is 16.1. The van der Waals surface area contributed by atoms with Crippen LogP contribution in [-0.2, 0) is 4.79 Å². The molecule has 1 aliphatic rings. The Hall–Kier alpha value is -0.370. The van der Waals surface area contributed by atoms with E-state index in [0.29, 0.717) is 5.78 Å². The van der Waals surface area contributed by atoms with Crippen LogP contribution in [0.1, 0.15) is 26.7 Å². The number of carbonyl (C=O) groups is 1. The van der Waals surface area contributed by atoms with Crippen LogP contribution in [-0.4, -0.2) is 18.4 Å². The van der Waals surface area contributed by atoms with E-state index in [0.717, 1.165) is 12.8 Å². The van der Waals surface area contributed by atoms with E-state index in [2.05, 4.69) is 5.32 Å². The van der Waals surface area contributed by atoms with Crippen molar-refractivity contribution in [2.45, 2.75) is 32.2 Å². The second-order valence-corrected chi connectivity index (χ2v) is 3.24. The van der Waals surface area contributed by atoms with Crippen molar-refractivity contribution in [3.8, 4) is 0 Å². The van der Waals surface area contributed by atoms with E-state index in [1.54, 1.807) is 6.92 Å². The van der Waals surface area contributed by atoms with Gasteiger partial charge in [0.1, 0.15) is 5.78 Å². The van der Waals surface area contributed by atoms with E-state index in [1.807, 2.05) is 14.0 Å². The molecule has 1 saturated carbocycles. The monoisotopic (exact) mass is 141 g/mol. The van der Waals surface area contributed by atoms with Crippen molar-refractivity contribution in [3.63, 3.8) is 0 Å². The molecule has 1 rings (SSSR count). The summed E-state index contributed by atoms with van der Waals surface area (Å²) >= 11 is 0. The van der Waals surface area contributed by atoms with Gasteiger partial charge in [-0.1, -0.05) is 6.92 Å². The Morgan fingerprint density at radius 3 is 2.20 bits per heavy atom. The van der Waals surface area contributed by atoms with Gasteiger partial charge < -0.3 is 5.32 Å². The summed E-state index contributed by atoms with van der Waals surface area (Å²) < 4.78 is 0. The normalized spacial score (nSPS) is 23.9. The van der Waals surface area contributed by atoms with Gasteiger partial charge in [-0.25, -0.2) is 0 Å². The lowest BCUT2D eigenvalue weighted by Gasteiger charge is -2.19. The predicted molar refractivity (Wildman–Crippen MR) is 40.9 cm³/mol. The highest BCUT2D eigenvalue weighted by Gasteiger charge is 2.47. The number of hydrogen-bond acceptors (Lipinski definition) is 2. The summed E-state index contributed by atoms with van der Waals surface area (Å²) in [5.74, 6) is 0.490. The molecule has 1 fully saturated rings. The highest BCUT2D eigenvalue weighted by Crippen LogP contribution is 2.42. The lowest BCUT2D eigenvalue weighted by molar-refractivity contribution is -0.121. The zero-order valence-electron chi connectivity index (χ0n) is 6.90. The second-order valence-electron chi connectivity index (χ2n) is 3.24. The number of Topliss-reactive ketones (excluding diaryl/α,β-unsaturated/α-hetero) is 1. The van der Waals surface area contributed by atoms with E-state index < -0.39 is 0 Å². The molecular weight excluding hydrogens is 126 g/mol. The van der Waals surface area contributed by atoms with E-state index >= 15 is 0 Å². The summed E-state index contributed by atoms with van der Waals surface area (Å²) in [7, 11) is 1.94. The first kappa shape index (κ1) is 7.73. The Morgan fingerprint density at radius 2 is 2.10 bits per heavy atom. The largest absolute Gasteiger partial charge is 0.314 e. The molecule has 1 N–H and O–H groups in total. The number of ketones is 1. The summed E-state index contributed by atoms with van der Waals surface area (Å²) in [4.78, 5) is 10.9. The molecule has 1 atom stereocenters. The number of hydrogen-bond donors (Lipinski definition) is 1. The third-order valence-electron chi connectivity index (χ3n) is 2.73. The summed E-state index contributed by atoms with van der Waals surface area (Å²) in [6.45, 7) is 3.67. The van der Waals surface area contributed by atoms with Gasteiger partial charge >= 0.3 is 0 Å². The zero-order chi connectivity index (χ0) is 7.78. The molecule has 0 bridgehead atoms. The van der Waals surface area contributed by atoms with Gasteiger partial charge in [0.2, 0.25) is 0 Å². The number of nitrogens with one attached hydrogen (secondary N) is 1. The predicted octanol–water partition coefficient (Wildman–Crippen LogP) is 0.963. The number of carbonyl (C=O) groups excluding carboxylic acids is 1. The van der Waals surface area contributed by atoms with E-state index in [9.17, 15) is 4.79 Å². The molecule has 0 spiro atoms. The second kappa shape index (κ2) is 2.35. The van der Waals surface area contributed by atoms with Gasteiger partial charge in [-0.3, -0.25) is 4.79 Å². The molecule has 0 amide bonds. The van der Waals surface area contributed by atoms with Crippen molar-refractivity contribution >= 4 is 5.78 Å². The Balaban J connectivity index is 2.55. The topological polar surface area (TPSA) is 29.1 Å². The van der Waals surface area contributed by atoms with Crippen LogP contribution in [0.4, 0.5) is 0 Å². The molecule has 1 unspecified atom stereocenters. The minimum absolute atomic E-state index is 0.172. The standard InChI is InChI=1S/C8H15NO/c1-6(7(2)10)8(9-3)4-5-8/h6,9H,4-5H2,1-3H3.